The van der Waals surface area contributed by atoms with E-state index >= 15 is 0 Å². The molecule has 1 aliphatic heterocycles. The summed E-state index contributed by atoms with van der Waals surface area (Å²) >= 11 is 0. The summed E-state index contributed by atoms with van der Waals surface area (Å²) < 4.78 is 25.2. The average molecular weight is 396 g/mol. The lowest BCUT2D eigenvalue weighted by Gasteiger charge is -2.30. The van der Waals surface area contributed by atoms with Crippen LogP contribution in [0.1, 0.15) is 40.5 Å². The molecule has 0 saturated carbocycles. The number of rotatable bonds is 5. The number of carbonyl (C=O) groups is 2. The molecule has 1 fully saturated rings. The van der Waals surface area contributed by atoms with Gasteiger partial charge in [-0.1, -0.05) is 20.8 Å². The third-order valence-corrected chi connectivity index (χ3v) is 6.56. The van der Waals surface area contributed by atoms with E-state index in [1.807, 2.05) is 20.8 Å². The van der Waals surface area contributed by atoms with Crippen molar-refractivity contribution in [3.63, 3.8) is 0 Å². The maximum atomic E-state index is 12.4. The SMILES string of the molecule is CCS(=O)(=O)N1CCC(C(=O)Nc2ccc(NC(=O)C(C)(C)C)cc2)CC1. The van der Waals surface area contributed by atoms with Gasteiger partial charge in [0.05, 0.1) is 5.75 Å². The Kier molecular flexibility index (Phi) is 6.64. The number of nitrogens with zero attached hydrogens (tertiary/aromatic N) is 1. The predicted octanol–water partition coefficient (Wildman–Crippen LogP) is 2.67. The standard InChI is InChI=1S/C19H29N3O4S/c1-5-27(25,26)22-12-10-14(11-13-22)17(23)20-15-6-8-16(9-7-15)21-18(24)19(2,3)4/h6-9,14H,5,10-13H2,1-4H3,(H,20,23)(H,21,24). The molecule has 1 saturated heterocycles. The molecule has 1 heterocycles. The molecule has 2 N–H and O–H groups in total. The second kappa shape index (κ2) is 8.39. The van der Waals surface area contributed by atoms with Gasteiger partial charge in [-0.05, 0) is 44.0 Å². The van der Waals surface area contributed by atoms with E-state index < -0.39 is 15.4 Å². The van der Waals surface area contributed by atoms with Crippen molar-refractivity contribution in [3.05, 3.63) is 24.3 Å². The number of sulfonamides is 1. The van der Waals surface area contributed by atoms with Gasteiger partial charge in [0.1, 0.15) is 0 Å². The summed E-state index contributed by atoms with van der Waals surface area (Å²) in [6, 6.07) is 6.98. The van der Waals surface area contributed by atoms with E-state index in [1.54, 1.807) is 31.2 Å². The van der Waals surface area contributed by atoms with Crippen molar-refractivity contribution < 1.29 is 18.0 Å². The van der Waals surface area contributed by atoms with Gasteiger partial charge in [0.2, 0.25) is 21.8 Å². The molecule has 1 aromatic carbocycles. The second-order valence-corrected chi connectivity index (χ2v) is 10.1. The molecule has 7 nitrogen and oxygen atoms in total. The van der Waals surface area contributed by atoms with Gasteiger partial charge in [-0.3, -0.25) is 9.59 Å². The summed E-state index contributed by atoms with van der Waals surface area (Å²) in [4.78, 5) is 24.4. The quantitative estimate of drug-likeness (QED) is 0.801. The van der Waals surface area contributed by atoms with Crippen molar-refractivity contribution >= 4 is 33.2 Å². The van der Waals surface area contributed by atoms with Crippen LogP contribution >= 0.6 is 0 Å². The van der Waals surface area contributed by atoms with Crippen LogP contribution in [0, 0.1) is 11.3 Å². The predicted molar refractivity (Wildman–Crippen MR) is 107 cm³/mol. The Morgan fingerprint density at radius 3 is 1.96 bits per heavy atom. The number of amides is 2. The van der Waals surface area contributed by atoms with Crippen LogP contribution < -0.4 is 10.6 Å². The maximum absolute atomic E-state index is 12.4. The molecular weight excluding hydrogens is 366 g/mol. The molecule has 0 unspecified atom stereocenters. The zero-order valence-corrected chi connectivity index (χ0v) is 17.2. The summed E-state index contributed by atoms with van der Waals surface area (Å²) in [5, 5.41) is 5.71. The first kappa shape index (κ1) is 21.4. The van der Waals surface area contributed by atoms with E-state index in [0.717, 1.165) is 0 Å². The van der Waals surface area contributed by atoms with Crippen LogP contribution in [0.25, 0.3) is 0 Å². The summed E-state index contributed by atoms with van der Waals surface area (Å²) in [7, 11) is -3.19. The highest BCUT2D eigenvalue weighted by Gasteiger charge is 2.30. The lowest BCUT2D eigenvalue weighted by molar-refractivity contribution is -0.123. The number of hydrogen-bond acceptors (Lipinski definition) is 4. The summed E-state index contributed by atoms with van der Waals surface area (Å²) in [5.41, 5.74) is 0.843. The zero-order valence-electron chi connectivity index (χ0n) is 16.4. The van der Waals surface area contributed by atoms with Crippen LogP contribution in [0.4, 0.5) is 11.4 Å². The molecule has 2 amide bonds. The molecule has 1 aliphatic rings. The molecular formula is C19H29N3O4S. The molecule has 0 spiro atoms. The van der Waals surface area contributed by atoms with Crippen molar-refractivity contribution in [3.8, 4) is 0 Å². The largest absolute Gasteiger partial charge is 0.326 e. The van der Waals surface area contributed by atoms with Crippen LogP contribution in [0.5, 0.6) is 0 Å². The molecule has 0 aromatic heterocycles. The van der Waals surface area contributed by atoms with E-state index in [-0.39, 0.29) is 23.5 Å². The maximum Gasteiger partial charge on any atom is 0.229 e. The number of anilines is 2. The van der Waals surface area contributed by atoms with E-state index in [1.165, 1.54) is 4.31 Å². The highest BCUT2D eigenvalue weighted by molar-refractivity contribution is 7.89. The first-order chi connectivity index (χ1) is 12.5. The van der Waals surface area contributed by atoms with E-state index in [0.29, 0.717) is 37.3 Å². The van der Waals surface area contributed by atoms with Crippen molar-refractivity contribution in [2.24, 2.45) is 11.3 Å². The molecule has 27 heavy (non-hydrogen) atoms. The zero-order chi connectivity index (χ0) is 20.2. The van der Waals surface area contributed by atoms with Gasteiger partial charge < -0.3 is 10.6 Å². The van der Waals surface area contributed by atoms with Crippen molar-refractivity contribution in [2.75, 3.05) is 29.5 Å². The number of nitrogens with one attached hydrogen (secondary N) is 2. The number of piperidine rings is 1. The first-order valence-corrected chi connectivity index (χ1v) is 10.8. The molecule has 0 radical (unpaired) electrons. The molecule has 1 aromatic rings. The van der Waals surface area contributed by atoms with Gasteiger partial charge >= 0.3 is 0 Å². The van der Waals surface area contributed by atoms with Crippen LogP contribution in [0.3, 0.4) is 0 Å². The Hall–Kier alpha value is -1.93. The lowest BCUT2D eigenvalue weighted by Crippen LogP contribution is -2.42. The van der Waals surface area contributed by atoms with Gasteiger partial charge in [-0.15, -0.1) is 0 Å². The van der Waals surface area contributed by atoms with Crippen molar-refractivity contribution in [2.45, 2.75) is 40.5 Å². The molecule has 0 atom stereocenters. The van der Waals surface area contributed by atoms with Crippen LogP contribution in [0.15, 0.2) is 24.3 Å². The van der Waals surface area contributed by atoms with Gasteiger partial charge in [0.15, 0.2) is 0 Å². The fraction of sp³-hybridized carbons (Fsp3) is 0.579. The summed E-state index contributed by atoms with van der Waals surface area (Å²) in [6.07, 6.45) is 1.04. The van der Waals surface area contributed by atoms with Crippen LogP contribution in [-0.4, -0.2) is 43.4 Å². The Balaban J connectivity index is 1.89. The molecule has 8 heteroatoms. The lowest BCUT2D eigenvalue weighted by atomic mass is 9.95. The Morgan fingerprint density at radius 1 is 1.04 bits per heavy atom. The fourth-order valence-corrected chi connectivity index (χ4v) is 3.91. The molecule has 2 rings (SSSR count). The van der Waals surface area contributed by atoms with Crippen LogP contribution in [0.2, 0.25) is 0 Å². The number of hydrogen-bond donors (Lipinski definition) is 2. The third-order valence-electron chi connectivity index (χ3n) is 4.67. The molecule has 150 valence electrons. The average Bonchev–Trinajstić information content (AvgIpc) is 2.62. The van der Waals surface area contributed by atoms with E-state index in [2.05, 4.69) is 10.6 Å². The van der Waals surface area contributed by atoms with E-state index in [9.17, 15) is 18.0 Å². The van der Waals surface area contributed by atoms with E-state index in [4.69, 9.17) is 0 Å². The third kappa shape index (κ3) is 5.77. The Bertz CT molecular complexity index is 774. The minimum Gasteiger partial charge on any atom is -0.326 e. The monoisotopic (exact) mass is 395 g/mol. The Morgan fingerprint density at radius 2 is 1.52 bits per heavy atom. The summed E-state index contributed by atoms with van der Waals surface area (Å²) in [6.45, 7) is 7.91. The summed E-state index contributed by atoms with van der Waals surface area (Å²) in [5.74, 6) is -0.293. The Labute approximate surface area is 161 Å². The number of benzene rings is 1. The fourth-order valence-electron chi connectivity index (χ4n) is 2.78. The van der Waals surface area contributed by atoms with Gasteiger partial charge in [-0.25, -0.2) is 12.7 Å². The number of carbonyl (C=O) groups excluding carboxylic acids is 2. The van der Waals surface area contributed by atoms with Crippen molar-refractivity contribution in [1.82, 2.24) is 4.31 Å². The highest BCUT2D eigenvalue weighted by Crippen LogP contribution is 2.23. The van der Waals surface area contributed by atoms with Gasteiger partial charge in [0, 0.05) is 35.8 Å². The minimum atomic E-state index is -3.19. The first-order valence-electron chi connectivity index (χ1n) is 9.23. The minimum absolute atomic E-state index is 0.0759. The van der Waals surface area contributed by atoms with Crippen molar-refractivity contribution in [1.29, 1.82) is 0 Å². The second-order valence-electron chi connectivity index (χ2n) is 7.84. The van der Waals surface area contributed by atoms with Crippen LogP contribution in [-0.2, 0) is 19.6 Å². The van der Waals surface area contributed by atoms with Gasteiger partial charge in [-0.2, -0.15) is 0 Å². The topological polar surface area (TPSA) is 95.6 Å². The van der Waals surface area contributed by atoms with Gasteiger partial charge in [0.25, 0.3) is 0 Å². The molecule has 0 aliphatic carbocycles. The highest BCUT2D eigenvalue weighted by atomic mass is 32.2. The molecule has 0 bridgehead atoms. The smallest absolute Gasteiger partial charge is 0.229 e. The normalized spacial score (nSPS) is 16.7.